The number of carbonyl (C=O) groups is 2. The van der Waals surface area contributed by atoms with Crippen molar-refractivity contribution in [1.29, 1.82) is 0 Å². The highest BCUT2D eigenvalue weighted by Gasteiger charge is 2.27. The molecule has 7 heteroatoms. The Morgan fingerprint density at radius 3 is 2.83 bits per heavy atom. The molecule has 23 heavy (non-hydrogen) atoms. The van der Waals surface area contributed by atoms with Gasteiger partial charge in [-0.1, -0.05) is 17.7 Å². The highest BCUT2D eigenvalue weighted by molar-refractivity contribution is 7.17. The zero-order valence-electron chi connectivity index (χ0n) is 12.4. The minimum absolute atomic E-state index is 0.414. The van der Waals surface area contributed by atoms with E-state index in [1.54, 1.807) is 24.3 Å². The first-order valence-electron chi connectivity index (χ1n) is 7.15. The molecule has 2 aromatic rings. The van der Waals surface area contributed by atoms with E-state index in [2.05, 4.69) is 10.6 Å². The lowest BCUT2D eigenvalue weighted by molar-refractivity contribution is 0.0601. The Labute approximate surface area is 142 Å². The van der Waals surface area contributed by atoms with E-state index in [0.717, 1.165) is 29.7 Å². The van der Waals surface area contributed by atoms with Crippen molar-refractivity contribution in [1.82, 2.24) is 0 Å². The number of anilines is 2. The molecule has 0 saturated carbocycles. The Morgan fingerprint density at radius 2 is 2.09 bits per heavy atom. The van der Waals surface area contributed by atoms with E-state index in [-0.39, 0.29) is 0 Å². The van der Waals surface area contributed by atoms with Gasteiger partial charge in [0.25, 0.3) is 0 Å². The van der Waals surface area contributed by atoms with Gasteiger partial charge in [0.2, 0.25) is 0 Å². The van der Waals surface area contributed by atoms with E-state index < -0.39 is 12.0 Å². The molecule has 0 unspecified atom stereocenters. The summed E-state index contributed by atoms with van der Waals surface area (Å²) in [5, 5.41) is 6.51. The number of fused-ring (bicyclic) bond motifs is 1. The Morgan fingerprint density at radius 1 is 1.26 bits per heavy atom. The highest BCUT2D eigenvalue weighted by atomic mass is 35.5. The Balaban J connectivity index is 1.80. The molecule has 3 rings (SSSR count). The number of halogens is 1. The lowest BCUT2D eigenvalue weighted by Crippen LogP contribution is -2.20. The summed E-state index contributed by atoms with van der Waals surface area (Å²) in [4.78, 5) is 25.3. The molecule has 0 bridgehead atoms. The van der Waals surface area contributed by atoms with Gasteiger partial charge >= 0.3 is 12.0 Å². The molecule has 1 aliphatic rings. The van der Waals surface area contributed by atoms with Gasteiger partial charge in [-0.2, -0.15) is 0 Å². The number of methoxy groups -OCH3 is 1. The first-order chi connectivity index (χ1) is 11.1. The lowest BCUT2D eigenvalue weighted by atomic mass is 10.1. The predicted molar refractivity (Wildman–Crippen MR) is 91.8 cm³/mol. The van der Waals surface area contributed by atoms with E-state index in [9.17, 15) is 9.59 Å². The number of aryl methyl sites for hydroxylation is 1. The fourth-order valence-corrected chi connectivity index (χ4v) is 4.10. The molecular formula is C16H15ClN2O3S. The Kier molecular flexibility index (Phi) is 4.54. The van der Waals surface area contributed by atoms with Crippen LogP contribution in [0.1, 0.15) is 27.2 Å². The summed E-state index contributed by atoms with van der Waals surface area (Å²) in [6, 6.07) is 6.44. The highest BCUT2D eigenvalue weighted by Crippen LogP contribution is 2.39. The number of benzene rings is 1. The molecule has 0 radical (unpaired) electrons. The maximum atomic E-state index is 12.2. The first kappa shape index (κ1) is 15.8. The van der Waals surface area contributed by atoms with Crippen LogP contribution in [0.15, 0.2) is 24.3 Å². The summed E-state index contributed by atoms with van der Waals surface area (Å²) in [7, 11) is 1.34. The van der Waals surface area contributed by atoms with Crippen molar-refractivity contribution in [2.24, 2.45) is 0 Å². The summed E-state index contributed by atoms with van der Waals surface area (Å²) in [6.07, 6.45) is 2.80. The maximum absolute atomic E-state index is 12.2. The van der Waals surface area contributed by atoms with Crippen molar-refractivity contribution in [3.05, 3.63) is 45.3 Å². The monoisotopic (exact) mass is 350 g/mol. The molecule has 2 amide bonds. The van der Waals surface area contributed by atoms with Gasteiger partial charge in [-0.3, -0.25) is 5.32 Å². The molecule has 0 saturated heterocycles. The number of rotatable bonds is 3. The van der Waals surface area contributed by atoms with Crippen molar-refractivity contribution >= 4 is 45.6 Å². The number of urea groups is 1. The third kappa shape index (κ3) is 3.33. The van der Waals surface area contributed by atoms with Crippen LogP contribution >= 0.6 is 22.9 Å². The minimum atomic E-state index is -0.419. The quantitative estimate of drug-likeness (QED) is 0.810. The molecule has 1 aliphatic carbocycles. The Hall–Kier alpha value is -2.05. The van der Waals surface area contributed by atoms with Crippen molar-refractivity contribution in [3.8, 4) is 0 Å². The SMILES string of the molecule is COC(=O)c1c(NC(=O)Nc2cccc(Cl)c2)sc2c1CCC2. The van der Waals surface area contributed by atoms with Crippen molar-refractivity contribution in [2.45, 2.75) is 19.3 Å². The molecule has 0 spiro atoms. The van der Waals surface area contributed by atoms with Gasteiger partial charge in [0.15, 0.2) is 0 Å². The van der Waals surface area contributed by atoms with Crippen LogP contribution in [0.25, 0.3) is 0 Å². The summed E-state index contributed by atoms with van der Waals surface area (Å²) in [5.74, 6) is -0.414. The van der Waals surface area contributed by atoms with Crippen LogP contribution < -0.4 is 10.6 Å². The maximum Gasteiger partial charge on any atom is 0.341 e. The second-order valence-corrected chi connectivity index (χ2v) is 6.68. The van der Waals surface area contributed by atoms with Gasteiger partial charge in [0.1, 0.15) is 5.00 Å². The van der Waals surface area contributed by atoms with E-state index in [0.29, 0.717) is 21.3 Å². The first-order valence-corrected chi connectivity index (χ1v) is 8.34. The number of ether oxygens (including phenoxy) is 1. The number of amides is 2. The largest absolute Gasteiger partial charge is 0.465 e. The van der Waals surface area contributed by atoms with Crippen LogP contribution in [-0.4, -0.2) is 19.1 Å². The van der Waals surface area contributed by atoms with Crippen molar-refractivity contribution in [3.63, 3.8) is 0 Å². The average molecular weight is 351 g/mol. The van der Waals surface area contributed by atoms with Gasteiger partial charge in [0, 0.05) is 15.6 Å². The second-order valence-electron chi connectivity index (χ2n) is 5.14. The lowest BCUT2D eigenvalue weighted by Gasteiger charge is -2.09. The molecule has 1 aromatic carbocycles. The van der Waals surface area contributed by atoms with E-state index >= 15 is 0 Å². The summed E-state index contributed by atoms with van der Waals surface area (Å²) >= 11 is 7.33. The molecule has 0 fully saturated rings. The number of esters is 1. The standard InChI is InChI=1S/C16H15ClN2O3S/c1-22-15(20)13-11-6-3-7-12(11)23-14(13)19-16(21)18-10-5-2-4-9(17)8-10/h2,4-5,8H,3,6-7H2,1H3,(H2,18,19,21). The third-order valence-electron chi connectivity index (χ3n) is 3.62. The number of hydrogen-bond donors (Lipinski definition) is 2. The molecule has 1 aromatic heterocycles. The van der Waals surface area contributed by atoms with Crippen molar-refractivity contribution < 1.29 is 14.3 Å². The normalized spacial score (nSPS) is 12.6. The smallest absolute Gasteiger partial charge is 0.341 e. The molecule has 0 aliphatic heterocycles. The van der Waals surface area contributed by atoms with Gasteiger partial charge in [-0.25, -0.2) is 9.59 Å². The molecule has 5 nitrogen and oxygen atoms in total. The zero-order chi connectivity index (χ0) is 16.4. The van der Waals surface area contributed by atoms with Crippen LogP contribution in [0, 0.1) is 0 Å². The number of hydrogen-bond acceptors (Lipinski definition) is 4. The topological polar surface area (TPSA) is 67.4 Å². The molecular weight excluding hydrogens is 336 g/mol. The van der Waals surface area contributed by atoms with Gasteiger partial charge in [-0.05, 0) is 43.0 Å². The van der Waals surface area contributed by atoms with E-state index in [1.807, 2.05) is 0 Å². The average Bonchev–Trinajstić information content (AvgIpc) is 3.06. The fourth-order valence-electron chi connectivity index (χ4n) is 2.64. The Bertz CT molecular complexity index is 773. The van der Waals surface area contributed by atoms with Gasteiger partial charge in [-0.15, -0.1) is 11.3 Å². The van der Waals surface area contributed by atoms with Crippen LogP contribution in [0.4, 0.5) is 15.5 Å². The summed E-state index contributed by atoms with van der Waals surface area (Å²) < 4.78 is 4.85. The molecule has 1 heterocycles. The summed E-state index contributed by atoms with van der Waals surface area (Å²) in [5.41, 5.74) is 2.06. The van der Waals surface area contributed by atoms with Crippen LogP contribution in [0.5, 0.6) is 0 Å². The molecule has 120 valence electrons. The third-order valence-corrected chi connectivity index (χ3v) is 5.06. The van der Waals surface area contributed by atoms with Crippen molar-refractivity contribution in [2.75, 3.05) is 17.7 Å². The van der Waals surface area contributed by atoms with Crippen LogP contribution in [-0.2, 0) is 17.6 Å². The number of nitrogens with one attached hydrogen (secondary N) is 2. The number of carbonyl (C=O) groups excluding carboxylic acids is 2. The van der Waals surface area contributed by atoms with Gasteiger partial charge < -0.3 is 10.1 Å². The minimum Gasteiger partial charge on any atom is -0.465 e. The van der Waals surface area contributed by atoms with E-state index in [4.69, 9.17) is 16.3 Å². The number of thiophene rings is 1. The van der Waals surface area contributed by atoms with Crippen LogP contribution in [0.3, 0.4) is 0 Å². The fraction of sp³-hybridized carbons (Fsp3) is 0.250. The summed E-state index contributed by atoms with van der Waals surface area (Å²) in [6.45, 7) is 0. The van der Waals surface area contributed by atoms with Gasteiger partial charge in [0.05, 0.1) is 12.7 Å². The van der Waals surface area contributed by atoms with Crippen LogP contribution in [0.2, 0.25) is 5.02 Å². The zero-order valence-corrected chi connectivity index (χ0v) is 14.0. The van der Waals surface area contributed by atoms with E-state index in [1.165, 1.54) is 18.4 Å². The molecule has 2 N–H and O–H groups in total. The second kappa shape index (κ2) is 6.60. The predicted octanol–water partition coefficient (Wildman–Crippen LogP) is 4.32. The molecule has 0 atom stereocenters.